The number of hydrogen-bond donors (Lipinski definition) is 0. The zero-order valence-electron chi connectivity index (χ0n) is 22.6. The van der Waals surface area contributed by atoms with Gasteiger partial charge in [-0.3, -0.25) is 14.3 Å². The summed E-state index contributed by atoms with van der Waals surface area (Å²) in [5.41, 5.74) is 1.95. The van der Waals surface area contributed by atoms with Crippen molar-refractivity contribution in [3.8, 4) is 5.75 Å². The highest BCUT2D eigenvalue weighted by Gasteiger charge is 2.18. The Morgan fingerprint density at radius 3 is 2.63 bits per heavy atom. The Hall–Kier alpha value is -4.28. The second-order valence-electron chi connectivity index (χ2n) is 10.0. The highest BCUT2D eigenvalue weighted by molar-refractivity contribution is 7.17. The summed E-state index contributed by atoms with van der Waals surface area (Å²) in [5, 5.41) is 4.38. The van der Waals surface area contributed by atoms with Gasteiger partial charge in [0.2, 0.25) is 0 Å². The minimum Gasteiger partial charge on any atom is -0.494 e. The van der Waals surface area contributed by atoms with E-state index in [2.05, 4.69) is 49.4 Å². The third kappa shape index (κ3) is 6.23. The molecule has 9 nitrogen and oxygen atoms in total. The maximum atomic E-state index is 12.6. The molecule has 2 aromatic carbocycles. The van der Waals surface area contributed by atoms with Gasteiger partial charge in [-0.15, -0.1) is 11.3 Å². The predicted molar refractivity (Wildman–Crippen MR) is 161 cm³/mol. The van der Waals surface area contributed by atoms with Crippen LogP contribution in [0.3, 0.4) is 0 Å². The molecule has 210 valence electrons. The van der Waals surface area contributed by atoms with Crippen LogP contribution in [0.25, 0.3) is 21.0 Å². The molecule has 1 aliphatic rings. The molecule has 0 N–H and O–H groups in total. The fraction of sp³-hybridized carbons (Fsp3) is 0.290. The summed E-state index contributed by atoms with van der Waals surface area (Å²) in [6, 6.07) is 17.7. The smallest absolute Gasteiger partial charge is 0.343 e. The van der Waals surface area contributed by atoms with Crippen LogP contribution >= 0.6 is 11.3 Å². The number of esters is 1. The maximum absolute atomic E-state index is 12.6. The van der Waals surface area contributed by atoms with Gasteiger partial charge in [-0.2, -0.15) is 0 Å². The Balaban J connectivity index is 0.982. The van der Waals surface area contributed by atoms with Gasteiger partial charge < -0.3 is 14.4 Å². The number of anilines is 1. The molecule has 4 heterocycles. The van der Waals surface area contributed by atoms with E-state index in [1.54, 1.807) is 17.4 Å². The van der Waals surface area contributed by atoms with E-state index in [9.17, 15) is 9.59 Å². The second-order valence-corrected chi connectivity index (χ2v) is 10.9. The summed E-state index contributed by atoms with van der Waals surface area (Å²) < 4.78 is 14.2. The lowest BCUT2D eigenvalue weighted by Crippen LogP contribution is -2.46. The van der Waals surface area contributed by atoms with Crippen molar-refractivity contribution >= 4 is 44.0 Å². The van der Waals surface area contributed by atoms with Crippen molar-refractivity contribution in [3.05, 3.63) is 94.6 Å². The van der Waals surface area contributed by atoms with Gasteiger partial charge in [0, 0.05) is 66.5 Å². The standard InChI is InChI=1S/C31H31N5O4S/c37-30-9-7-23-6-8-25(18-28(23)36(30)22-40-31(38)24-19-32-21-33-20-24)39-16-2-1-11-34-12-14-35(15-13-34)27-4-3-5-29-26(27)10-17-41-29/h3-10,17-21H,1-2,11-16,22H2. The van der Waals surface area contributed by atoms with Gasteiger partial charge in [0.05, 0.1) is 17.7 Å². The topological polar surface area (TPSA) is 89.8 Å². The fourth-order valence-corrected chi connectivity index (χ4v) is 6.00. The number of aromatic nitrogens is 3. The lowest BCUT2D eigenvalue weighted by molar-refractivity contribution is 0.0373. The van der Waals surface area contributed by atoms with Crippen molar-refractivity contribution in [2.45, 2.75) is 19.6 Å². The number of ether oxygens (including phenoxy) is 2. The van der Waals surface area contributed by atoms with Crippen LogP contribution < -0.4 is 15.2 Å². The lowest BCUT2D eigenvalue weighted by atomic mass is 10.2. The van der Waals surface area contributed by atoms with Crippen LogP contribution in [0.1, 0.15) is 23.2 Å². The van der Waals surface area contributed by atoms with Gasteiger partial charge in [-0.05, 0) is 66.6 Å². The molecule has 0 bridgehead atoms. The van der Waals surface area contributed by atoms with E-state index in [1.807, 2.05) is 18.2 Å². The molecular formula is C31H31N5O4S. The summed E-state index contributed by atoms with van der Waals surface area (Å²) in [6.07, 6.45) is 6.07. The summed E-state index contributed by atoms with van der Waals surface area (Å²) in [5.74, 6) is 0.0824. The van der Waals surface area contributed by atoms with Gasteiger partial charge >= 0.3 is 5.97 Å². The Morgan fingerprint density at radius 2 is 1.78 bits per heavy atom. The fourth-order valence-electron chi connectivity index (χ4n) is 5.20. The first kappa shape index (κ1) is 26.9. The number of piperazine rings is 1. The molecule has 5 aromatic rings. The summed E-state index contributed by atoms with van der Waals surface area (Å²) in [4.78, 5) is 37.6. The molecule has 0 saturated carbocycles. The van der Waals surface area contributed by atoms with Crippen molar-refractivity contribution in [1.29, 1.82) is 0 Å². The van der Waals surface area contributed by atoms with Crippen molar-refractivity contribution in [3.63, 3.8) is 0 Å². The largest absolute Gasteiger partial charge is 0.494 e. The minimum atomic E-state index is -0.594. The number of unbranched alkanes of at least 4 members (excludes halogenated alkanes) is 1. The lowest BCUT2D eigenvalue weighted by Gasteiger charge is -2.36. The van der Waals surface area contributed by atoms with E-state index in [-0.39, 0.29) is 17.9 Å². The second kappa shape index (κ2) is 12.5. The number of pyridine rings is 1. The maximum Gasteiger partial charge on any atom is 0.343 e. The van der Waals surface area contributed by atoms with E-state index in [0.29, 0.717) is 17.9 Å². The van der Waals surface area contributed by atoms with Crippen LogP contribution in [0, 0.1) is 0 Å². The highest BCUT2D eigenvalue weighted by Crippen LogP contribution is 2.31. The number of benzene rings is 2. The number of rotatable bonds is 10. The van der Waals surface area contributed by atoms with Crippen LogP contribution in [0.2, 0.25) is 0 Å². The Morgan fingerprint density at radius 1 is 0.951 bits per heavy atom. The first-order valence-electron chi connectivity index (χ1n) is 13.8. The number of carbonyl (C=O) groups excluding carboxylic acids is 1. The van der Waals surface area contributed by atoms with Crippen LogP contribution in [-0.4, -0.2) is 64.7 Å². The van der Waals surface area contributed by atoms with Gasteiger partial charge in [-0.25, -0.2) is 14.8 Å². The number of fused-ring (bicyclic) bond motifs is 2. The monoisotopic (exact) mass is 569 g/mol. The average Bonchev–Trinajstić information content (AvgIpc) is 3.50. The molecule has 41 heavy (non-hydrogen) atoms. The van der Waals surface area contributed by atoms with Crippen molar-refractivity contribution in [2.24, 2.45) is 0 Å². The summed E-state index contributed by atoms with van der Waals surface area (Å²) in [6.45, 7) is 5.62. The molecule has 6 rings (SSSR count). The van der Waals surface area contributed by atoms with Crippen LogP contribution in [0.4, 0.5) is 5.69 Å². The van der Waals surface area contributed by atoms with Crippen LogP contribution in [0.15, 0.2) is 83.5 Å². The van der Waals surface area contributed by atoms with Crippen molar-refractivity contribution in [2.75, 3.05) is 44.2 Å². The number of nitrogens with zero attached hydrogens (tertiary/aromatic N) is 5. The molecule has 1 aliphatic heterocycles. The van der Waals surface area contributed by atoms with Gasteiger partial charge in [0.1, 0.15) is 12.1 Å². The number of hydrogen-bond acceptors (Lipinski definition) is 9. The van der Waals surface area contributed by atoms with Crippen molar-refractivity contribution < 1.29 is 14.3 Å². The highest BCUT2D eigenvalue weighted by atomic mass is 32.1. The summed E-state index contributed by atoms with van der Waals surface area (Å²) >= 11 is 1.80. The third-order valence-corrected chi connectivity index (χ3v) is 8.29. The predicted octanol–water partition coefficient (Wildman–Crippen LogP) is 4.80. The molecule has 0 aliphatic carbocycles. The number of thiophene rings is 1. The van der Waals surface area contributed by atoms with E-state index < -0.39 is 5.97 Å². The first-order chi connectivity index (χ1) is 20.2. The molecule has 0 amide bonds. The number of carbonyl (C=O) groups is 1. The SMILES string of the molecule is O=C(OCn1c(=O)ccc2ccc(OCCCCN3CCN(c4cccc5sccc45)CC3)cc21)c1cncnc1. The molecule has 10 heteroatoms. The van der Waals surface area contributed by atoms with Crippen LogP contribution in [0.5, 0.6) is 5.75 Å². The van der Waals surface area contributed by atoms with Crippen LogP contribution in [-0.2, 0) is 11.5 Å². The van der Waals surface area contributed by atoms with Crippen molar-refractivity contribution in [1.82, 2.24) is 19.4 Å². The minimum absolute atomic E-state index is 0.219. The molecule has 0 spiro atoms. The molecule has 0 unspecified atom stereocenters. The van der Waals surface area contributed by atoms with Gasteiger partial charge in [-0.1, -0.05) is 6.07 Å². The molecule has 1 fully saturated rings. The van der Waals surface area contributed by atoms with E-state index >= 15 is 0 Å². The van der Waals surface area contributed by atoms with Gasteiger partial charge in [0.15, 0.2) is 6.73 Å². The molecule has 0 atom stereocenters. The van der Waals surface area contributed by atoms with E-state index in [0.717, 1.165) is 51.0 Å². The zero-order chi connectivity index (χ0) is 28.0. The molecule has 1 saturated heterocycles. The molecule has 3 aromatic heterocycles. The third-order valence-electron chi connectivity index (χ3n) is 7.41. The first-order valence-corrected chi connectivity index (χ1v) is 14.7. The Bertz CT molecular complexity index is 1700. The summed E-state index contributed by atoms with van der Waals surface area (Å²) in [7, 11) is 0. The van der Waals surface area contributed by atoms with E-state index in [4.69, 9.17) is 9.47 Å². The Kier molecular flexibility index (Phi) is 8.20. The Labute approximate surface area is 241 Å². The normalized spacial score (nSPS) is 14.0. The average molecular weight is 570 g/mol. The molecule has 0 radical (unpaired) electrons. The van der Waals surface area contributed by atoms with Gasteiger partial charge in [0.25, 0.3) is 5.56 Å². The van der Waals surface area contributed by atoms with E-state index in [1.165, 1.54) is 45.1 Å². The zero-order valence-corrected chi connectivity index (χ0v) is 23.5. The quantitative estimate of drug-likeness (QED) is 0.175. The molecular weight excluding hydrogens is 538 g/mol.